The second kappa shape index (κ2) is 8.43. The third-order valence-corrected chi connectivity index (χ3v) is 5.07. The van der Waals surface area contributed by atoms with Crippen molar-refractivity contribution in [3.63, 3.8) is 0 Å². The summed E-state index contributed by atoms with van der Waals surface area (Å²) in [5, 5.41) is 0. The van der Waals surface area contributed by atoms with Gasteiger partial charge in [0.25, 0.3) is 0 Å². The molecule has 20 heavy (non-hydrogen) atoms. The van der Waals surface area contributed by atoms with E-state index in [1.54, 1.807) is 0 Å². The summed E-state index contributed by atoms with van der Waals surface area (Å²) in [4.78, 5) is 0. The molecular formula is C18H22S2. The Morgan fingerprint density at radius 2 is 1.10 bits per heavy atom. The monoisotopic (exact) mass is 302 g/mol. The number of hydrogen-bond acceptors (Lipinski definition) is 2. The van der Waals surface area contributed by atoms with Crippen molar-refractivity contribution in [2.24, 2.45) is 5.92 Å². The van der Waals surface area contributed by atoms with Crippen LogP contribution in [0.4, 0.5) is 0 Å². The zero-order valence-electron chi connectivity index (χ0n) is 12.2. The lowest BCUT2D eigenvalue weighted by Crippen LogP contribution is -2.19. The molecule has 0 aliphatic rings. The summed E-state index contributed by atoms with van der Waals surface area (Å²) >= 11 is 3.91. The molecule has 0 heterocycles. The van der Waals surface area contributed by atoms with Crippen LogP contribution in [-0.4, -0.2) is 24.0 Å². The third kappa shape index (κ3) is 4.07. The number of hydrogen-bond donors (Lipinski definition) is 0. The van der Waals surface area contributed by atoms with Gasteiger partial charge in [-0.25, -0.2) is 0 Å². The molecule has 0 aromatic heterocycles. The Kier molecular flexibility index (Phi) is 6.55. The molecule has 2 aromatic rings. The first-order valence-electron chi connectivity index (χ1n) is 6.94. The van der Waals surface area contributed by atoms with Gasteiger partial charge in [0, 0.05) is 5.92 Å². The molecule has 0 saturated heterocycles. The lowest BCUT2D eigenvalue weighted by atomic mass is 9.82. The standard InChI is InChI=1S/C18H22S2/c1-19-13-17(14-20-2)18(15-9-5-3-6-10-15)16-11-7-4-8-12-16/h3-12,17-18H,13-14H2,1-2H3. The van der Waals surface area contributed by atoms with Gasteiger partial charge in [-0.3, -0.25) is 0 Å². The largest absolute Gasteiger partial charge is 0.165 e. The van der Waals surface area contributed by atoms with Crippen LogP contribution in [0, 0.1) is 5.92 Å². The molecule has 0 saturated carbocycles. The molecule has 0 aliphatic carbocycles. The molecule has 0 aliphatic heterocycles. The van der Waals surface area contributed by atoms with Gasteiger partial charge in [0.15, 0.2) is 0 Å². The van der Waals surface area contributed by atoms with Crippen LogP contribution in [0.15, 0.2) is 60.7 Å². The van der Waals surface area contributed by atoms with Crippen LogP contribution in [0.1, 0.15) is 17.0 Å². The van der Waals surface area contributed by atoms with Crippen molar-refractivity contribution in [1.82, 2.24) is 0 Å². The third-order valence-electron chi connectivity index (χ3n) is 3.55. The molecule has 0 spiro atoms. The fourth-order valence-electron chi connectivity index (χ4n) is 2.73. The van der Waals surface area contributed by atoms with E-state index in [4.69, 9.17) is 0 Å². The van der Waals surface area contributed by atoms with E-state index >= 15 is 0 Å². The maximum absolute atomic E-state index is 2.27. The highest BCUT2D eigenvalue weighted by Crippen LogP contribution is 2.35. The first-order chi connectivity index (χ1) is 9.86. The van der Waals surface area contributed by atoms with Crippen molar-refractivity contribution < 1.29 is 0 Å². The van der Waals surface area contributed by atoms with E-state index in [2.05, 4.69) is 73.2 Å². The Morgan fingerprint density at radius 3 is 1.45 bits per heavy atom. The topological polar surface area (TPSA) is 0 Å². The van der Waals surface area contributed by atoms with E-state index in [0.717, 1.165) is 0 Å². The molecule has 0 nitrogen and oxygen atoms in total. The summed E-state index contributed by atoms with van der Waals surface area (Å²) in [6.07, 6.45) is 4.42. The van der Waals surface area contributed by atoms with Crippen LogP contribution in [0.3, 0.4) is 0 Å². The van der Waals surface area contributed by atoms with Crippen molar-refractivity contribution >= 4 is 23.5 Å². The van der Waals surface area contributed by atoms with E-state index in [-0.39, 0.29) is 0 Å². The van der Waals surface area contributed by atoms with E-state index in [0.29, 0.717) is 11.8 Å². The smallest absolute Gasteiger partial charge is 0.0133 e. The molecule has 0 amide bonds. The number of benzene rings is 2. The molecule has 0 N–H and O–H groups in total. The van der Waals surface area contributed by atoms with Gasteiger partial charge >= 0.3 is 0 Å². The van der Waals surface area contributed by atoms with Gasteiger partial charge in [-0.05, 0) is 41.1 Å². The molecule has 0 atom stereocenters. The summed E-state index contributed by atoms with van der Waals surface area (Å²) in [6.45, 7) is 0. The van der Waals surface area contributed by atoms with Crippen molar-refractivity contribution in [3.8, 4) is 0 Å². The van der Waals surface area contributed by atoms with Crippen LogP contribution >= 0.6 is 23.5 Å². The fraction of sp³-hybridized carbons (Fsp3) is 0.333. The van der Waals surface area contributed by atoms with Gasteiger partial charge in [-0.15, -0.1) is 0 Å². The Bertz CT molecular complexity index is 436. The number of rotatable bonds is 7. The van der Waals surface area contributed by atoms with Crippen LogP contribution in [0.2, 0.25) is 0 Å². The minimum Gasteiger partial charge on any atom is -0.165 e. The first kappa shape index (κ1) is 15.5. The Balaban J connectivity index is 2.38. The van der Waals surface area contributed by atoms with Crippen LogP contribution in [-0.2, 0) is 0 Å². The minimum absolute atomic E-state index is 0.497. The van der Waals surface area contributed by atoms with Crippen molar-refractivity contribution in [3.05, 3.63) is 71.8 Å². The van der Waals surface area contributed by atoms with Crippen molar-refractivity contribution in [2.75, 3.05) is 24.0 Å². The highest BCUT2D eigenvalue weighted by molar-refractivity contribution is 7.99. The lowest BCUT2D eigenvalue weighted by Gasteiger charge is -2.27. The van der Waals surface area contributed by atoms with Crippen molar-refractivity contribution in [1.29, 1.82) is 0 Å². The summed E-state index contributed by atoms with van der Waals surface area (Å²) in [6, 6.07) is 21.9. The molecule has 2 heteroatoms. The van der Waals surface area contributed by atoms with Crippen LogP contribution < -0.4 is 0 Å². The molecular weight excluding hydrogens is 280 g/mol. The molecule has 106 valence electrons. The second-order valence-corrected chi connectivity index (χ2v) is 6.79. The Hall–Kier alpha value is -0.860. The normalized spacial score (nSPS) is 11.2. The molecule has 0 fully saturated rings. The zero-order valence-corrected chi connectivity index (χ0v) is 13.8. The molecule has 2 rings (SSSR count). The highest BCUT2D eigenvalue weighted by Gasteiger charge is 2.24. The quantitative estimate of drug-likeness (QED) is 0.693. The van der Waals surface area contributed by atoms with Gasteiger partial charge < -0.3 is 0 Å². The highest BCUT2D eigenvalue weighted by atomic mass is 32.2. The van der Waals surface area contributed by atoms with Gasteiger partial charge in [0.2, 0.25) is 0 Å². The Morgan fingerprint density at radius 1 is 0.700 bits per heavy atom. The number of thioether (sulfide) groups is 2. The predicted octanol–water partition coefficient (Wildman–Crippen LogP) is 5.16. The zero-order chi connectivity index (χ0) is 14.2. The van der Waals surface area contributed by atoms with Crippen LogP contribution in [0.25, 0.3) is 0 Å². The summed E-state index contributed by atoms with van der Waals surface area (Å²) in [5.74, 6) is 3.58. The van der Waals surface area contributed by atoms with E-state index in [1.165, 1.54) is 22.6 Å². The SMILES string of the molecule is CSCC(CSC)C(c1ccccc1)c1ccccc1. The Labute approximate surface area is 131 Å². The summed E-state index contributed by atoms with van der Waals surface area (Å²) in [5.41, 5.74) is 2.87. The minimum atomic E-state index is 0.497. The molecule has 0 radical (unpaired) electrons. The maximum Gasteiger partial charge on any atom is 0.0133 e. The van der Waals surface area contributed by atoms with Gasteiger partial charge in [-0.2, -0.15) is 23.5 Å². The fourth-order valence-corrected chi connectivity index (χ4v) is 4.35. The average Bonchev–Trinajstić information content (AvgIpc) is 2.50. The van der Waals surface area contributed by atoms with E-state index in [1.807, 2.05) is 23.5 Å². The van der Waals surface area contributed by atoms with Crippen LogP contribution in [0.5, 0.6) is 0 Å². The lowest BCUT2D eigenvalue weighted by molar-refractivity contribution is 0.583. The molecule has 0 unspecified atom stereocenters. The summed E-state index contributed by atoms with van der Waals surface area (Å²) in [7, 11) is 0. The molecule has 2 aromatic carbocycles. The predicted molar refractivity (Wildman–Crippen MR) is 95.0 cm³/mol. The van der Waals surface area contributed by atoms with Gasteiger partial charge in [0.1, 0.15) is 0 Å². The van der Waals surface area contributed by atoms with E-state index < -0.39 is 0 Å². The van der Waals surface area contributed by atoms with Gasteiger partial charge in [-0.1, -0.05) is 60.7 Å². The van der Waals surface area contributed by atoms with Crippen molar-refractivity contribution in [2.45, 2.75) is 5.92 Å². The first-order valence-corrected chi connectivity index (χ1v) is 9.73. The summed E-state index contributed by atoms with van der Waals surface area (Å²) < 4.78 is 0. The van der Waals surface area contributed by atoms with Gasteiger partial charge in [0.05, 0.1) is 0 Å². The average molecular weight is 303 g/mol. The maximum atomic E-state index is 2.27. The van der Waals surface area contributed by atoms with E-state index in [9.17, 15) is 0 Å². The molecule has 0 bridgehead atoms. The second-order valence-electron chi connectivity index (χ2n) is 4.97.